The summed E-state index contributed by atoms with van der Waals surface area (Å²) < 4.78 is 21.5. The largest absolute Gasteiger partial charge is 0.464 e. The number of carbonyl (C=O) groups is 1. The van der Waals surface area contributed by atoms with E-state index in [0.29, 0.717) is 26.6 Å². The highest BCUT2D eigenvalue weighted by molar-refractivity contribution is 5.76. The zero-order chi connectivity index (χ0) is 18.4. The number of esters is 1. The molecule has 2 rings (SSSR count). The number of hydrogen-bond acceptors (Lipinski definition) is 5. The summed E-state index contributed by atoms with van der Waals surface area (Å²) in [5.74, 6) is -0.126. The van der Waals surface area contributed by atoms with E-state index in [2.05, 4.69) is 26.8 Å². The van der Waals surface area contributed by atoms with Crippen molar-refractivity contribution in [1.29, 1.82) is 0 Å². The minimum Gasteiger partial charge on any atom is -0.464 e. The molecular weight excluding hydrogens is 320 g/mol. The highest BCUT2D eigenvalue weighted by Crippen LogP contribution is 2.54. The van der Waals surface area contributed by atoms with Gasteiger partial charge in [-0.2, -0.15) is 0 Å². The standard InChI is InChI=1S/C20H32O5/c1-6-24-19(21)18-17-16(15(3)12-25-18)8-10-20(17,4)9-7-14(2)11-23-13-22-5/h7,17-18H,6,8-13H2,1-5H3/b14-7-/t17-,18-,20+/m0/s1. The van der Waals surface area contributed by atoms with Crippen LogP contribution >= 0.6 is 0 Å². The van der Waals surface area contributed by atoms with Gasteiger partial charge in [0.25, 0.3) is 0 Å². The van der Waals surface area contributed by atoms with Gasteiger partial charge in [0.2, 0.25) is 0 Å². The quantitative estimate of drug-likeness (QED) is 0.289. The maximum atomic E-state index is 12.4. The second-order valence-corrected chi connectivity index (χ2v) is 7.43. The van der Waals surface area contributed by atoms with Gasteiger partial charge in [-0.3, -0.25) is 0 Å². The van der Waals surface area contributed by atoms with Crippen LogP contribution in [0.25, 0.3) is 0 Å². The molecular formula is C20H32O5. The van der Waals surface area contributed by atoms with Crippen molar-refractivity contribution >= 4 is 5.97 Å². The van der Waals surface area contributed by atoms with Gasteiger partial charge in [-0.1, -0.05) is 24.1 Å². The van der Waals surface area contributed by atoms with Crippen LogP contribution in [0, 0.1) is 11.3 Å². The van der Waals surface area contributed by atoms with E-state index in [4.69, 9.17) is 18.9 Å². The number of carbonyl (C=O) groups excluding carboxylic acids is 1. The summed E-state index contributed by atoms with van der Waals surface area (Å²) in [6, 6.07) is 0. The Morgan fingerprint density at radius 1 is 1.44 bits per heavy atom. The van der Waals surface area contributed by atoms with Crippen LogP contribution in [0.3, 0.4) is 0 Å². The Bertz CT molecular complexity index is 536. The zero-order valence-corrected chi connectivity index (χ0v) is 16.2. The molecule has 0 unspecified atom stereocenters. The predicted octanol–water partition coefficient (Wildman–Crippen LogP) is 3.64. The molecule has 0 N–H and O–H groups in total. The van der Waals surface area contributed by atoms with Crippen LogP contribution in [-0.4, -0.2) is 45.8 Å². The van der Waals surface area contributed by atoms with E-state index >= 15 is 0 Å². The Labute approximate surface area is 151 Å². The predicted molar refractivity (Wildman–Crippen MR) is 96.1 cm³/mol. The Balaban J connectivity index is 2.14. The Kier molecular flexibility index (Phi) is 7.23. The van der Waals surface area contributed by atoms with Crippen LogP contribution in [0.5, 0.6) is 0 Å². The SMILES string of the molecule is CCOC(=O)[C@H]1OCC(C)=C2CC[C@@](C)(C/C=C(/C)COCOC)[C@@H]21. The van der Waals surface area contributed by atoms with Gasteiger partial charge in [-0.25, -0.2) is 4.79 Å². The first-order valence-electron chi connectivity index (χ1n) is 9.12. The van der Waals surface area contributed by atoms with Crippen molar-refractivity contribution < 1.29 is 23.7 Å². The van der Waals surface area contributed by atoms with Crippen LogP contribution in [0.2, 0.25) is 0 Å². The van der Waals surface area contributed by atoms with E-state index in [9.17, 15) is 4.79 Å². The third-order valence-corrected chi connectivity index (χ3v) is 5.39. The maximum Gasteiger partial charge on any atom is 0.335 e. The number of allylic oxidation sites excluding steroid dienone is 1. The molecule has 3 atom stereocenters. The van der Waals surface area contributed by atoms with E-state index in [1.807, 2.05) is 6.92 Å². The van der Waals surface area contributed by atoms with Crippen molar-refractivity contribution in [3.05, 3.63) is 22.8 Å². The van der Waals surface area contributed by atoms with Crippen molar-refractivity contribution in [2.75, 3.05) is 33.7 Å². The van der Waals surface area contributed by atoms with E-state index in [1.165, 1.54) is 16.7 Å². The molecule has 0 aromatic carbocycles. The van der Waals surface area contributed by atoms with Crippen molar-refractivity contribution in [3.63, 3.8) is 0 Å². The molecule has 142 valence electrons. The Morgan fingerprint density at radius 2 is 2.20 bits per heavy atom. The fraction of sp³-hybridized carbons (Fsp3) is 0.750. The normalized spacial score (nSPS) is 29.7. The Morgan fingerprint density at radius 3 is 2.88 bits per heavy atom. The molecule has 2 aliphatic rings. The van der Waals surface area contributed by atoms with Gasteiger partial charge >= 0.3 is 5.97 Å². The van der Waals surface area contributed by atoms with Gasteiger partial charge in [0.15, 0.2) is 6.10 Å². The van der Waals surface area contributed by atoms with Gasteiger partial charge in [-0.05, 0) is 51.0 Å². The summed E-state index contributed by atoms with van der Waals surface area (Å²) >= 11 is 0. The van der Waals surface area contributed by atoms with E-state index < -0.39 is 6.10 Å². The molecule has 1 aliphatic carbocycles. The highest BCUT2D eigenvalue weighted by Gasteiger charge is 2.51. The van der Waals surface area contributed by atoms with Crippen molar-refractivity contribution in [2.24, 2.45) is 11.3 Å². The molecule has 0 bridgehead atoms. The third kappa shape index (κ3) is 4.72. The molecule has 0 saturated heterocycles. The van der Waals surface area contributed by atoms with Gasteiger partial charge in [-0.15, -0.1) is 0 Å². The van der Waals surface area contributed by atoms with Crippen LogP contribution in [0.4, 0.5) is 0 Å². The van der Waals surface area contributed by atoms with Crippen LogP contribution < -0.4 is 0 Å². The van der Waals surface area contributed by atoms with Crippen LogP contribution in [-0.2, 0) is 23.7 Å². The van der Waals surface area contributed by atoms with Gasteiger partial charge in [0, 0.05) is 13.0 Å². The number of fused-ring (bicyclic) bond motifs is 1. The molecule has 0 amide bonds. The van der Waals surface area contributed by atoms with Crippen LogP contribution in [0.1, 0.15) is 47.0 Å². The highest BCUT2D eigenvalue weighted by atomic mass is 16.7. The number of ether oxygens (including phenoxy) is 4. The summed E-state index contributed by atoms with van der Waals surface area (Å²) in [5.41, 5.74) is 3.85. The molecule has 0 aromatic heterocycles. The molecule has 1 fully saturated rings. The summed E-state index contributed by atoms with van der Waals surface area (Å²) in [7, 11) is 1.62. The minimum absolute atomic E-state index is 0.00302. The Hall–Kier alpha value is -1.17. The molecule has 1 heterocycles. The summed E-state index contributed by atoms with van der Waals surface area (Å²) in [6.45, 7) is 10.1. The van der Waals surface area contributed by atoms with Gasteiger partial charge in [0.1, 0.15) is 6.79 Å². The first kappa shape index (κ1) is 20.1. The second kappa shape index (κ2) is 8.97. The lowest BCUT2D eigenvalue weighted by atomic mass is 9.71. The first-order chi connectivity index (χ1) is 11.9. The molecule has 1 aliphatic heterocycles. The molecule has 1 saturated carbocycles. The van der Waals surface area contributed by atoms with E-state index in [1.54, 1.807) is 7.11 Å². The smallest absolute Gasteiger partial charge is 0.335 e. The monoisotopic (exact) mass is 352 g/mol. The van der Waals surface area contributed by atoms with Crippen LogP contribution in [0.15, 0.2) is 22.8 Å². The average molecular weight is 352 g/mol. The average Bonchev–Trinajstić information content (AvgIpc) is 2.93. The van der Waals surface area contributed by atoms with Crippen molar-refractivity contribution in [1.82, 2.24) is 0 Å². The van der Waals surface area contributed by atoms with Crippen molar-refractivity contribution in [3.8, 4) is 0 Å². The van der Waals surface area contributed by atoms with Crippen molar-refractivity contribution in [2.45, 2.75) is 53.1 Å². The molecule has 0 spiro atoms. The van der Waals surface area contributed by atoms with E-state index in [-0.39, 0.29) is 17.3 Å². The van der Waals surface area contributed by atoms with Gasteiger partial charge in [0.05, 0.1) is 19.8 Å². The van der Waals surface area contributed by atoms with E-state index in [0.717, 1.165) is 19.3 Å². The van der Waals surface area contributed by atoms with Gasteiger partial charge < -0.3 is 18.9 Å². The fourth-order valence-electron chi connectivity index (χ4n) is 3.99. The number of rotatable bonds is 8. The molecule has 0 radical (unpaired) electrons. The lowest BCUT2D eigenvalue weighted by Gasteiger charge is -2.39. The first-order valence-corrected chi connectivity index (χ1v) is 9.12. The minimum atomic E-state index is -0.482. The second-order valence-electron chi connectivity index (χ2n) is 7.43. The molecule has 5 nitrogen and oxygen atoms in total. The summed E-state index contributed by atoms with van der Waals surface area (Å²) in [4.78, 5) is 12.4. The fourth-order valence-corrected chi connectivity index (χ4v) is 3.99. The molecule has 25 heavy (non-hydrogen) atoms. The molecule has 0 aromatic rings. The lowest BCUT2D eigenvalue weighted by molar-refractivity contribution is -0.162. The third-order valence-electron chi connectivity index (χ3n) is 5.39. The zero-order valence-electron chi connectivity index (χ0n) is 16.2. The maximum absolute atomic E-state index is 12.4. The topological polar surface area (TPSA) is 54.0 Å². The molecule has 5 heteroatoms. The summed E-state index contributed by atoms with van der Waals surface area (Å²) in [6.07, 6.45) is 4.75. The number of hydrogen-bond donors (Lipinski definition) is 0. The lowest BCUT2D eigenvalue weighted by Crippen LogP contribution is -2.43. The number of methoxy groups -OCH3 is 1. The summed E-state index contributed by atoms with van der Waals surface area (Å²) in [5, 5.41) is 0.